The highest BCUT2D eigenvalue weighted by molar-refractivity contribution is 7.17. The van der Waals surface area contributed by atoms with E-state index >= 15 is 0 Å². The molecule has 0 bridgehead atoms. The van der Waals surface area contributed by atoms with E-state index in [0.717, 1.165) is 10.9 Å². The van der Waals surface area contributed by atoms with Crippen LogP contribution in [0.1, 0.15) is 12.0 Å². The van der Waals surface area contributed by atoms with Crippen molar-refractivity contribution < 1.29 is 14.7 Å². The molecule has 2 rings (SSSR count). The smallest absolute Gasteiger partial charge is 0.317 e. The first-order valence-electron chi connectivity index (χ1n) is 6.24. The summed E-state index contributed by atoms with van der Waals surface area (Å²) >= 11 is 1.65. The number of carbonyl (C=O) groups is 2. The van der Waals surface area contributed by atoms with Crippen molar-refractivity contribution in [2.75, 3.05) is 13.6 Å². The van der Waals surface area contributed by atoms with Crippen LogP contribution in [0, 0.1) is 0 Å². The molecule has 0 radical (unpaired) electrons. The molecule has 6 heteroatoms. The number of aliphatic carboxylic acids is 1. The van der Waals surface area contributed by atoms with E-state index < -0.39 is 5.97 Å². The summed E-state index contributed by atoms with van der Waals surface area (Å²) in [4.78, 5) is 23.8. The minimum absolute atomic E-state index is 0.0685. The maximum Gasteiger partial charge on any atom is 0.317 e. The Bertz CT molecular complexity index is 624. The number of benzene rings is 1. The van der Waals surface area contributed by atoms with Crippen molar-refractivity contribution in [3.8, 4) is 0 Å². The fourth-order valence-corrected chi connectivity index (χ4v) is 2.85. The largest absolute Gasteiger partial charge is 0.481 e. The molecule has 0 saturated heterocycles. The normalized spacial score (nSPS) is 10.4. The average Bonchev–Trinajstić information content (AvgIpc) is 2.81. The number of urea groups is 1. The van der Waals surface area contributed by atoms with Crippen molar-refractivity contribution in [1.29, 1.82) is 0 Å². The van der Waals surface area contributed by atoms with Crippen LogP contribution in [0.25, 0.3) is 10.1 Å². The molecule has 0 atom stereocenters. The zero-order valence-corrected chi connectivity index (χ0v) is 11.9. The van der Waals surface area contributed by atoms with Crippen LogP contribution in [0.4, 0.5) is 4.79 Å². The first kappa shape index (κ1) is 14.3. The van der Waals surface area contributed by atoms with Gasteiger partial charge < -0.3 is 15.3 Å². The lowest BCUT2D eigenvalue weighted by molar-refractivity contribution is -0.136. The molecule has 0 unspecified atom stereocenters. The third-order valence-corrected chi connectivity index (χ3v) is 3.94. The Kier molecular flexibility index (Phi) is 4.57. The van der Waals surface area contributed by atoms with Gasteiger partial charge in [0.05, 0.1) is 6.42 Å². The van der Waals surface area contributed by atoms with Gasteiger partial charge in [-0.3, -0.25) is 4.79 Å². The number of carboxylic acids is 1. The maximum atomic E-state index is 11.8. The van der Waals surface area contributed by atoms with Crippen LogP contribution in [0.3, 0.4) is 0 Å². The highest BCUT2D eigenvalue weighted by Crippen LogP contribution is 2.26. The van der Waals surface area contributed by atoms with Gasteiger partial charge in [0.15, 0.2) is 0 Å². The van der Waals surface area contributed by atoms with Crippen LogP contribution in [-0.2, 0) is 11.3 Å². The number of amides is 2. The van der Waals surface area contributed by atoms with Crippen LogP contribution in [-0.4, -0.2) is 35.6 Å². The molecule has 0 fully saturated rings. The van der Waals surface area contributed by atoms with Gasteiger partial charge in [0, 0.05) is 24.8 Å². The van der Waals surface area contributed by atoms with Crippen molar-refractivity contribution >= 4 is 33.4 Å². The van der Waals surface area contributed by atoms with E-state index in [1.165, 1.54) is 4.70 Å². The Balaban J connectivity index is 1.95. The Morgan fingerprint density at radius 3 is 2.85 bits per heavy atom. The summed E-state index contributed by atoms with van der Waals surface area (Å²) in [6, 6.07) is 7.80. The van der Waals surface area contributed by atoms with Gasteiger partial charge in [0.2, 0.25) is 0 Å². The second-order valence-corrected chi connectivity index (χ2v) is 5.40. The van der Waals surface area contributed by atoms with Crippen LogP contribution < -0.4 is 5.32 Å². The lowest BCUT2D eigenvalue weighted by Crippen LogP contribution is -2.37. The molecule has 2 amide bonds. The maximum absolute atomic E-state index is 11.8. The standard InChI is InChI=1S/C14H16N2O3S/c1-16(14(19)15-7-6-13(17)18)8-10-9-20-12-5-3-2-4-11(10)12/h2-5,9H,6-8H2,1H3,(H,15,19)(H,17,18). The summed E-state index contributed by atoms with van der Waals surface area (Å²) in [5.74, 6) is -0.920. The number of thiophene rings is 1. The number of carbonyl (C=O) groups excluding carboxylic acids is 1. The van der Waals surface area contributed by atoms with E-state index in [9.17, 15) is 9.59 Å². The van der Waals surface area contributed by atoms with Crippen LogP contribution in [0.5, 0.6) is 0 Å². The Morgan fingerprint density at radius 1 is 1.35 bits per heavy atom. The predicted molar refractivity (Wildman–Crippen MR) is 78.9 cm³/mol. The molecular formula is C14H16N2O3S. The first-order valence-corrected chi connectivity index (χ1v) is 7.12. The summed E-state index contributed by atoms with van der Waals surface area (Å²) in [6.45, 7) is 0.645. The summed E-state index contributed by atoms with van der Waals surface area (Å²) < 4.78 is 1.20. The van der Waals surface area contributed by atoms with Crippen molar-refractivity contribution in [3.63, 3.8) is 0 Å². The molecule has 2 aromatic rings. The second kappa shape index (κ2) is 6.38. The Labute approximate surface area is 120 Å². The van der Waals surface area contributed by atoms with E-state index in [1.807, 2.05) is 23.6 Å². The number of hydrogen-bond donors (Lipinski definition) is 2. The summed E-state index contributed by atoms with van der Waals surface area (Å²) in [5.41, 5.74) is 1.10. The van der Waals surface area contributed by atoms with Gasteiger partial charge in [-0.05, 0) is 22.4 Å². The minimum atomic E-state index is -0.920. The molecule has 20 heavy (non-hydrogen) atoms. The van der Waals surface area contributed by atoms with Gasteiger partial charge in [-0.2, -0.15) is 0 Å². The molecule has 1 heterocycles. The monoisotopic (exact) mass is 292 g/mol. The molecular weight excluding hydrogens is 276 g/mol. The molecule has 1 aromatic carbocycles. The molecule has 106 valence electrons. The summed E-state index contributed by atoms with van der Waals surface area (Å²) in [6.07, 6.45) is -0.0685. The van der Waals surface area contributed by atoms with Gasteiger partial charge in [-0.1, -0.05) is 18.2 Å². The van der Waals surface area contributed by atoms with Gasteiger partial charge in [-0.15, -0.1) is 11.3 Å². The fourth-order valence-electron chi connectivity index (χ4n) is 1.89. The molecule has 0 aliphatic rings. The van der Waals surface area contributed by atoms with E-state index in [1.54, 1.807) is 23.3 Å². The molecule has 0 aliphatic carbocycles. The quantitative estimate of drug-likeness (QED) is 0.889. The zero-order chi connectivity index (χ0) is 14.5. The molecule has 1 aromatic heterocycles. The second-order valence-electron chi connectivity index (χ2n) is 4.49. The third kappa shape index (κ3) is 3.48. The third-order valence-electron chi connectivity index (χ3n) is 2.93. The number of nitrogens with zero attached hydrogens (tertiary/aromatic N) is 1. The lowest BCUT2D eigenvalue weighted by atomic mass is 10.2. The van der Waals surface area contributed by atoms with E-state index in [-0.39, 0.29) is 19.0 Å². The molecule has 0 aliphatic heterocycles. The highest BCUT2D eigenvalue weighted by atomic mass is 32.1. The van der Waals surface area contributed by atoms with Gasteiger partial charge >= 0.3 is 12.0 Å². The number of rotatable bonds is 5. The number of hydrogen-bond acceptors (Lipinski definition) is 3. The summed E-state index contributed by atoms with van der Waals surface area (Å²) in [5, 5.41) is 14.3. The lowest BCUT2D eigenvalue weighted by Gasteiger charge is -2.17. The van der Waals surface area contributed by atoms with Crippen LogP contribution >= 0.6 is 11.3 Å². The van der Waals surface area contributed by atoms with E-state index in [4.69, 9.17) is 5.11 Å². The number of fused-ring (bicyclic) bond motifs is 1. The SMILES string of the molecule is CN(Cc1csc2ccccc12)C(=O)NCCC(=O)O. The zero-order valence-electron chi connectivity index (χ0n) is 11.1. The van der Waals surface area contributed by atoms with Crippen molar-refractivity contribution in [3.05, 3.63) is 35.2 Å². The minimum Gasteiger partial charge on any atom is -0.481 e. The molecule has 5 nitrogen and oxygen atoms in total. The number of carboxylic acid groups (broad SMARTS) is 1. The Morgan fingerprint density at radius 2 is 2.10 bits per heavy atom. The average molecular weight is 292 g/mol. The predicted octanol–water partition coefficient (Wildman–Crippen LogP) is 2.52. The fraction of sp³-hybridized carbons (Fsp3) is 0.286. The molecule has 0 saturated carbocycles. The topological polar surface area (TPSA) is 69.6 Å². The molecule has 0 spiro atoms. The number of nitrogens with one attached hydrogen (secondary N) is 1. The van der Waals surface area contributed by atoms with Gasteiger partial charge in [0.25, 0.3) is 0 Å². The van der Waals surface area contributed by atoms with Crippen LogP contribution in [0.2, 0.25) is 0 Å². The van der Waals surface area contributed by atoms with E-state index in [2.05, 4.69) is 11.4 Å². The van der Waals surface area contributed by atoms with Crippen molar-refractivity contribution in [2.24, 2.45) is 0 Å². The first-order chi connectivity index (χ1) is 9.58. The Hall–Kier alpha value is -2.08. The van der Waals surface area contributed by atoms with Gasteiger partial charge in [-0.25, -0.2) is 4.79 Å². The van der Waals surface area contributed by atoms with E-state index in [0.29, 0.717) is 6.54 Å². The molecule has 2 N–H and O–H groups in total. The van der Waals surface area contributed by atoms with Gasteiger partial charge in [0.1, 0.15) is 0 Å². The van der Waals surface area contributed by atoms with Crippen LogP contribution in [0.15, 0.2) is 29.6 Å². The van der Waals surface area contributed by atoms with Crippen molar-refractivity contribution in [2.45, 2.75) is 13.0 Å². The highest BCUT2D eigenvalue weighted by Gasteiger charge is 2.11. The summed E-state index contributed by atoms with van der Waals surface area (Å²) in [7, 11) is 1.70. The van der Waals surface area contributed by atoms with Crippen molar-refractivity contribution in [1.82, 2.24) is 10.2 Å².